The first-order chi connectivity index (χ1) is 9.00. The molecule has 0 aromatic heterocycles. The maximum Gasteiger partial charge on any atom is 0.243 e. The summed E-state index contributed by atoms with van der Waals surface area (Å²) < 4.78 is 27.1. The minimum atomic E-state index is -3.44. The first-order valence-electron chi connectivity index (χ1n) is 6.73. The molecule has 0 bridgehead atoms. The number of sulfonamides is 1. The van der Waals surface area contributed by atoms with Crippen LogP contribution < -0.4 is 0 Å². The van der Waals surface area contributed by atoms with Gasteiger partial charge in [-0.2, -0.15) is 4.31 Å². The van der Waals surface area contributed by atoms with E-state index in [0.717, 1.165) is 24.8 Å². The number of aliphatic hydroxyl groups is 1. The van der Waals surface area contributed by atoms with Gasteiger partial charge in [-0.15, -0.1) is 0 Å². The fourth-order valence-electron chi connectivity index (χ4n) is 2.23. The van der Waals surface area contributed by atoms with Crippen molar-refractivity contribution in [2.45, 2.75) is 50.7 Å². The summed E-state index contributed by atoms with van der Waals surface area (Å²) >= 11 is 0. The molecule has 0 unspecified atom stereocenters. The molecular formula is C14H21NO3S. The first kappa shape index (κ1) is 14.5. The molecule has 0 atom stereocenters. The van der Waals surface area contributed by atoms with Crippen molar-refractivity contribution >= 4 is 10.0 Å². The highest BCUT2D eigenvalue weighted by atomic mass is 32.2. The summed E-state index contributed by atoms with van der Waals surface area (Å²) in [4.78, 5) is 0.333. The molecule has 1 fully saturated rings. The van der Waals surface area contributed by atoms with Crippen LogP contribution in [0.1, 0.15) is 37.3 Å². The van der Waals surface area contributed by atoms with Crippen LogP contribution in [0.3, 0.4) is 0 Å². The molecule has 1 aromatic rings. The zero-order chi connectivity index (χ0) is 14.0. The highest BCUT2D eigenvalue weighted by Gasteiger charge is 2.37. The Morgan fingerprint density at radius 2 is 2.05 bits per heavy atom. The maximum atomic E-state index is 12.7. The van der Waals surface area contributed by atoms with Crippen molar-refractivity contribution in [3.63, 3.8) is 0 Å². The second-order valence-electron chi connectivity index (χ2n) is 5.10. The highest BCUT2D eigenvalue weighted by molar-refractivity contribution is 7.89. The van der Waals surface area contributed by atoms with Crippen LogP contribution in [-0.4, -0.2) is 30.4 Å². The number of benzene rings is 1. The van der Waals surface area contributed by atoms with Crippen LogP contribution >= 0.6 is 0 Å². The van der Waals surface area contributed by atoms with E-state index in [4.69, 9.17) is 0 Å². The second kappa shape index (κ2) is 5.61. The lowest BCUT2D eigenvalue weighted by Gasteiger charge is -2.22. The van der Waals surface area contributed by atoms with Gasteiger partial charge in [0.15, 0.2) is 0 Å². The van der Waals surface area contributed by atoms with Crippen LogP contribution in [0.5, 0.6) is 0 Å². The van der Waals surface area contributed by atoms with Gasteiger partial charge in [0.05, 0.1) is 11.5 Å². The van der Waals surface area contributed by atoms with Gasteiger partial charge in [-0.25, -0.2) is 8.42 Å². The zero-order valence-corrected chi connectivity index (χ0v) is 12.3. The largest absolute Gasteiger partial charge is 0.392 e. The minimum absolute atomic E-state index is 0.139. The molecule has 5 heteroatoms. The van der Waals surface area contributed by atoms with Crippen molar-refractivity contribution in [2.75, 3.05) is 6.54 Å². The molecule has 1 N–H and O–H groups in total. The normalized spacial score (nSPS) is 16.0. The number of aliphatic hydroxyl groups excluding tert-OH is 1. The summed E-state index contributed by atoms with van der Waals surface area (Å²) in [7, 11) is -3.44. The smallest absolute Gasteiger partial charge is 0.243 e. The molecule has 0 spiro atoms. The molecule has 0 aliphatic heterocycles. The van der Waals surface area contributed by atoms with Gasteiger partial charge in [0, 0.05) is 12.6 Å². The van der Waals surface area contributed by atoms with Crippen molar-refractivity contribution < 1.29 is 13.5 Å². The van der Waals surface area contributed by atoms with Crippen LogP contribution in [0.15, 0.2) is 23.1 Å². The predicted octanol–water partition coefficient (Wildman–Crippen LogP) is 2.05. The Labute approximate surface area is 115 Å². The van der Waals surface area contributed by atoms with Gasteiger partial charge in [-0.3, -0.25) is 0 Å². The Hall–Kier alpha value is -0.910. The van der Waals surface area contributed by atoms with Gasteiger partial charge >= 0.3 is 0 Å². The van der Waals surface area contributed by atoms with E-state index in [0.29, 0.717) is 17.0 Å². The van der Waals surface area contributed by atoms with E-state index in [-0.39, 0.29) is 12.6 Å². The Morgan fingerprint density at radius 3 is 2.58 bits per heavy atom. The van der Waals surface area contributed by atoms with Gasteiger partial charge < -0.3 is 5.11 Å². The van der Waals surface area contributed by atoms with Gasteiger partial charge in [0.25, 0.3) is 0 Å². The predicted molar refractivity (Wildman–Crippen MR) is 74.3 cm³/mol. The average molecular weight is 283 g/mol. The topological polar surface area (TPSA) is 57.6 Å². The molecule has 1 aromatic carbocycles. The summed E-state index contributed by atoms with van der Waals surface area (Å²) in [5.74, 6) is 0. The van der Waals surface area contributed by atoms with E-state index >= 15 is 0 Å². The number of aryl methyl sites for hydroxylation is 1. The van der Waals surface area contributed by atoms with E-state index in [1.54, 1.807) is 29.4 Å². The molecule has 0 saturated heterocycles. The molecule has 2 rings (SSSR count). The molecule has 0 amide bonds. The molecule has 1 aliphatic carbocycles. The van der Waals surface area contributed by atoms with E-state index in [9.17, 15) is 13.5 Å². The summed E-state index contributed by atoms with van der Waals surface area (Å²) in [6.45, 7) is 4.21. The van der Waals surface area contributed by atoms with Crippen molar-refractivity contribution in [3.05, 3.63) is 29.3 Å². The SMILES string of the molecule is CCCN(C1CC1)S(=O)(=O)c1cc(CO)ccc1C. The van der Waals surface area contributed by atoms with Crippen molar-refractivity contribution in [3.8, 4) is 0 Å². The lowest BCUT2D eigenvalue weighted by molar-refractivity contribution is 0.281. The van der Waals surface area contributed by atoms with Crippen LogP contribution in [0.25, 0.3) is 0 Å². The molecule has 0 radical (unpaired) electrons. The fourth-order valence-corrected chi connectivity index (χ4v) is 4.28. The van der Waals surface area contributed by atoms with E-state index in [1.807, 2.05) is 6.92 Å². The van der Waals surface area contributed by atoms with Crippen molar-refractivity contribution in [1.82, 2.24) is 4.31 Å². The number of rotatable bonds is 6. The Balaban J connectivity index is 2.42. The second-order valence-corrected chi connectivity index (χ2v) is 6.96. The molecule has 106 valence electrons. The quantitative estimate of drug-likeness (QED) is 0.869. The fraction of sp³-hybridized carbons (Fsp3) is 0.571. The minimum Gasteiger partial charge on any atom is -0.392 e. The average Bonchev–Trinajstić information content (AvgIpc) is 3.20. The number of hydrogen-bond donors (Lipinski definition) is 1. The van der Waals surface area contributed by atoms with Crippen LogP contribution in [0, 0.1) is 6.92 Å². The van der Waals surface area contributed by atoms with Gasteiger partial charge in [-0.1, -0.05) is 19.1 Å². The van der Waals surface area contributed by atoms with E-state index in [1.165, 1.54) is 0 Å². The summed E-state index contributed by atoms with van der Waals surface area (Å²) in [6.07, 6.45) is 2.73. The maximum absolute atomic E-state index is 12.7. The van der Waals surface area contributed by atoms with Gasteiger partial charge in [-0.05, 0) is 43.4 Å². The summed E-state index contributed by atoms with van der Waals surface area (Å²) in [6, 6.07) is 5.28. The molecule has 0 heterocycles. The van der Waals surface area contributed by atoms with E-state index < -0.39 is 10.0 Å². The molecule has 1 aliphatic rings. The molecule has 4 nitrogen and oxygen atoms in total. The lowest BCUT2D eigenvalue weighted by Crippen LogP contribution is -2.34. The van der Waals surface area contributed by atoms with Gasteiger partial charge in [0.1, 0.15) is 0 Å². The monoisotopic (exact) mass is 283 g/mol. The number of nitrogens with zero attached hydrogens (tertiary/aromatic N) is 1. The third-order valence-corrected chi connectivity index (χ3v) is 5.51. The first-order valence-corrected chi connectivity index (χ1v) is 8.17. The summed E-state index contributed by atoms with van der Waals surface area (Å²) in [5, 5.41) is 9.17. The van der Waals surface area contributed by atoms with E-state index in [2.05, 4.69) is 0 Å². The summed E-state index contributed by atoms with van der Waals surface area (Å²) in [5.41, 5.74) is 1.37. The third-order valence-electron chi connectivity index (χ3n) is 3.42. The molecular weight excluding hydrogens is 262 g/mol. The van der Waals surface area contributed by atoms with Crippen molar-refractivity contribution in [2.24, 2.45) is 0 Å². The Kier molecular flexibility index (Phi) is 4.28. The Bertz CT molecular complexity index is 550. The molecule has 19 heavy (non-hydrogen) atoms. The van der Waals surface area contributed by atoms with Gasteiger partial charge in [0.2, 0.25) is 10.0 Å². The molecule has 1 saturated carbocycles. The third kappa shape index (κ3) is 2.99. The lowest BCUT2D eigenvalue weighted by atomic mass is 10.2. The number of hydrogen-bond acceptors (Lipinski definition) is 3. The highest BCUT2D eigenvalue weighted by Crippen LogP contribution is 2.33. The Morgan fingerprint density at radius 1 is 1.37 bits per heavy atom. The van der Waals surface area contributed by atoms with Crippen LogP contribution in [0.2, 0.25) is 0 Å². The van der Waals surface area contributed by atoms with Crippen molar-refractivity contribution in [1.29, 1.82) is 0 Å². The van der Waals surface area contributed by atoms with Crippen LogP contribution in [0.4, 0.5) is 0 Å². The standard InChI is InChI=1S/C14H21NO3S/c1-3-8-15(13-6-7-13)19(17,18)14-9-12(10-16)5-4-11(14)2/h4-5,9,13,16H,3,6-8,10H2,1-2H3. The zero-order valence-electron chi connectivity index (χ0n) is 11.5. The van der Waals surface area contributed by atoms with Crippen LogP contribution in [-0.2, 0) is 16.6 Å².